The van der Waals surface area contributed by atoms with Crippen LogP contribution in [-0.2, 0) is 20.1 Å². The van der Waals surface area contributed by atoms with Gasteiger partial charge in [0.1, 0.15) is 16.3 Å². The van der Waals surface area contributed by atoms with E-state index in [0.717, 1.165) is 12.1 Å². The number of halogens is 1. The van der Waals surface area contributed by atoms with Gasteiger partial charge in [0, 0.05) is 17.0 Å². The molecule has 0 saturated heterocycles. The van der Waals surface area contributed by atoms with Crippen LogP contribution in [-0.4, -0.2) is 27.9 Å². The summed E-state index contributed by atoms with van der Waals surface area (Å²) < 4.78 is 60.7. The van der Waals surface area contributed by atoms with Gasteiger partial charge in [-0.3, -0.25) is 8.86 Å². The van der Waals surface area contributed by atoms with Crippen LogP contribution in [0.5, 0.6) is 5.75 Å². The van der Waals surface area contributed by atoms with E-state index in [1.807, 2.05) is 0 Å². The number of benzene rings is 4. The molecule has 4 rings (SSSR count). The van der Waals surface area contributed by atoms with Crippen LogP contribution in [0.25, 0.3) is 10.8 Å². The first-order chi connectivity index (χ1) is 17.4. The summed E-state index contributed by atoms with van der Waals surface area (Å²) in [7, 11) is -8.73. The first-order valence-electron chi connectivity index (χ1n) is 10.7. The Labute approximate surface area is 246 Å². The van der Waals surface area contributed by atoms with Gasteiger partial charge in [-0.05, 0) is 60.8 Å². The van der Waals surface area contributed by atoms with Crippen molar-refractivity contribution in [1.29, 1.82) is 0 Å². The van der Waals surface area contributed by atoms with Gasteiger partial charge in [0.2, 0.25) is 0 Å². The molecule has 0 unspecified atom stereocenters. The summed E-state index contributed by atoms with van der Waals surface area (Å²) in [5.41, 5.74) is 6.33. The molecule has 4 aromatic carbocycles. The van der Waals surface area contributed by atoms with Gasteiger partial charge in [0.05, 0.1) is 16.3 Å². The van der Waals surface area contributed by atoms with Crippen LogP contribution in [0.15, 0.2) is 92.8 Å². The summed E-state index contributed by atoms with van der Waals surface area (Å²) in [5.74, 6) is -0.772. The van der Waals surface area contributed by atoms with Gasteiger partial charge in [0.15, 0.2) is 0 Å². The molecule has 0 aliphatic carbocycles. The Hall–Kier alpha value is -2.71. The molecule has 0 aliphatic rings. The molecule has 0 atom stereocenters. The maximum atomic E-state index is 13.6. The topological polar surface area (TPSA) is 166 Å². The number of azo groups is 1. The number of rotatable bonds is 7. The second-order valence-corrected chi connectivity index (χ2v) is 11.5. The van der Waals surface area contributed by atoms with E-state index in [0.29, 0.717) is 5.69 Å². The van der Waals surface area contributed by atoms with Crippen LogP contribution >= 0.6 is 11.6 Å². The maximum absolute atomic E-state index is 13.6. The van der Waals surface area contributed by atoms with Crippen molar-refractivity contribution in [1.82, 2.24) is 0 Å². The fourth-order valence-electron chi connectivity index (χ4n) is 3.75. The van der Waals surface area contributed by atoms with E-state index in [1.165, 1.54) is 34.6 Å². The van der Waals surface area contributed by atoms with Crippen molar-refractivity contribution in [2.24, 2.45) is 10.2 Å². The molecule has 38 heavy (non-hydrogen) atoms. The van der Waals surface area contributed by atoms with E-state index in [1.54, 1.807) is 37.3 Å². The molecule has 0 saturated carbocycles. The predicted molar refractivity (Wildman–Crippen MR) is 140 cm³/mol. The molecule has 0 spiro atoms. The minimum absolute atomic E-state index is 0. The Morgan fingerprint density at radius 2 is 1.66 bits per heavy atom. The minimum atomic E-state index is -4.63. The van der Waals surface area contributed by atoms with E-state index >= 15 is 0 Å². The number of nitrogens with two attached hydrogens (primary N) is 1. The molecule has 3 N–H and O–H groups in total. The van der Waals surface area contributed by atoms with Crippen molar-refractivity contribution >= 4 is 65.3 Å². The fourth-order valence-corrected chi connectivity index (χ4v) is 6.03. The zero-order chi connectivity index (χ0) is 27.0. The number of hydrogen-bond acceptors (Lipinski definition) is 8. The fraction of sp³-hybridized carbons (Fsp3) is 0.0833. The van der Waals surface area contributed by atoms with E-state index in [4.69, 9.17) is 17.3 Å². The van der Waals surface area contributed by atoms with Crippen LogP contribution in [0.1, 0.15) is 6.92 Å². The molecular formula is C24H20ClN4NaO6S2. The van der Waals surface area contributed by atoms with E-state index in [9.17, 15) is 26.5 Å². The zero-order valence-corrected chi connectivity index (χ0v) is 24.6. The third-order valence-electron chi connectivity index (χ3n) is 5.43. The third-order valence-corrected chi connectivity index (χ3v) is 8.45. The summed E-state index contributed by atoms with van der Waals surface area (Å²) >= 11 is 6.13. The average Bonchev–Trinajstić information content (AvgIpc) is 2.83. The van der Waals surface area contributed by atoms with E-state index < -0.39 is 30.8 Å². The maximum Gasteiger partial charge on any atom is 1.00 e. The molecule has 0 heterocycles. The first-order valence-corrected chi connectivity index (χ1v) is 14.0. The van der Waals surface area contributed by atoms with Crippen molar-refractivity contribution in [3.05, 3.63) is 77.8 Å². The number of nitrogen functional groups attached to an aromatic ring is 1. The quantitative estimate of drug-likeness (QED) is 0.145. The van der Waals surface area contributed by atoms with Crippen molar-refractivity contribution in [3.8, 4) is 5.75 Å². The summed E-state index contributed by atoms with van der Waals surface area (Å²) in [6.45, 7) is 1.83. The summed E-state index contributed by atoms with van der Waals surface area (Å²) in [6.07, 6.45) is 0. The smallest absolute Gasteiger partial charge is 0.872 e. The van der Waals surface area contributed by atoms with Gasteiger partial charge < -0.3 is 10.8 Å². The second kappa shape index (κ2) is 11.6. The largest absolute Gasteiger partial charge is 1.00 e. The van der Waals surface area contributed by atoms with Crippen LogP contribution < -0.4 is 44.7 Å². The van der Waals surface area contributed by atoms with E-state index in [-0.39, 0.29) is 73.9 Å². The molecule has 0 aromatic heterocycles. The molecule has 0 aliphatic heterocycles. The van der Waals surface area contributed by atoms with Crippen LogP contribution in [0.2, 0.25) is 5.02 Å². The van der Waals surface area contributed by atoms with Crippen molar-refractivity contribution in [2.75, 3.05) is 16.6 Å². The average molecular weight is 583 g/mol. The molecule has 192 valence electrons. The molecule has 10 nitrogen and oxygen atoms in total. The van der Waals surface area contributed by atoms with Gasteiger partial charge in [0.25, 0.3) is 20.1 Å². The normalized spacial score (nSPS) is 12.0. The predicted octanol–water partition coefficient (Wildman–Crippen LogP) is 2.03. The number of nitrogens with zero attached hydrogens (tertiary/aromatic N) is 3. The Morgan fingerprint density at radius 1 is 0.974 bits per heavy atom. The monoisotopic (exact) mass is 582 g/mol. The van der Waals surface area contributed by atoms with Gasteiger partial charge in [-0.2, -0.15) is 8.42 Å². The van der Waals surface area contributed by atoms with Crippen molar-refractivity contribution in [3.63, 3.8) is 0 Å². The summed E-state index contributed by atoms with van der Waals surface area (Å²) in [4.78, 5) is -0.761. The standard InChI is InChI=1S/C24H21ClN4O6S2.Na/c1-2-29(17-6-4-3-5-7-17)36(31,32)22-11-9-16(25)13-20(22)27-28-24-19(26)10-8-15-12-18(37(33,34)35)14-21(30)23(15)24;/h3-14,30H,2,26H2,1H3,(H,33,34,35);/q;+1/p-1. The molecule has 14 heteroatoms. The molecule has 0 bridgehead atoms. The van der Waals surface area contributed by atoms with Gasteiger partial charge in [-0.1, -0.05) is 41.6 Å². The van der Waals surface area contributed by atoms with E-state index in [2.05, 4.69) is 10.2 Å². The number of fused-ring (bicyclic) bond motifs is 1. The summed E-state index contributed by atoms with van der Waals surface area (Å²) in [5, 5.41) is 21.2. The van der Waals surface area contributed by atoms with Gasteiger partial charge in [-0.15, -0.1) is 10.2 Å². The molecule has 0 radical (unpaired) electrons. The molecule has 0 fully saturated rings. The van der Waals surface area contributed by atoms with Gasteiger partial charge >= 0.3 is 29.6 Å². The Balaban J connectivity index is 0.00000400. The second-order valence-electron chi connectivity index (χ2n) is 7.82. The number of anilines is 2. The number of sulfonamides is 1. The van der Waals surface area contributed by atoms with Crippen LogP contribution in [0.3, 0.4) is 0 Å². The summed E-state index contributed by atoms with van der Waals surface area (Å²) in [6, 6.07) is 17.2. The first kappa shape index (κ1) is 29.8. The number of hydrogen-bond donors (Lipinski definition) is 2. The van der Waals surface area contributed by atoms with Crippen LogP contribution in [0.4, 0.5) is 22.7 Å². The minimum Gasteiger partial charge on any atom is -0.872 e. The molecule has 4 aromatic rings. The van der Waals surface area contributed by atoms with Crippen LogP contribution in [0, 0.1) is 0 Å². The van der Waals surface area contributed by atoms with Crippen molar-refractivity contribution < 1.29 is 56.1 Å². The molecular weight excluding hydrogens is 563 g/mol. The Bertz CT molecular complexity index is 1750. The number of para-hydroxylation sites is 1. The van der Waals surface area contributed by atoms with Crippen molar-refractivity contribution in [2.45, 2.75) is 16.7 Å². The molecule has 0 amide bonds. The van der Waals surface area contributed by atoms with Gasteiger partial charge in [-0.25, -0.2) is 8.42 Å². The zero-order valence-electron chi connectivity index (χ0n) is 20.2. The Morgan fingerprint density at radius 3 is 2.29 bits per heavy atom. The third kappa shape index (κ3) is 5.96. The SMILES string of the molecule is CCN(c1ccccc1)S(=O)(=O)c1ccc(Cl)cc1N=Nc1c(N)ccc2cc(S(=O)(=O)O)cc([O-])c12.[Na+]. The Kier molecular flexibility index (Phi) is 9.09.